The summed E-state index contributed by atoms with van der Waals surface area (Å²) in [5.74, 6) is 0.612. The first kappa shape index (κ1) is 24.6. The number of hydrogen-bond acceptors (Lipinski definition) is 5. The first-order valence-electron chi connectivity index (χ1n) is 12.9. The molecular weight excluding hydrogens is 450 g/mol. The number of carbonyl (C=O) groups is 2. The van der Waals surface area contributed by atoms with Gasteiger partial charge in [-0.1, -0.05) is 51.1 Å². The van der Waals surface area contributed by atoms with Gasteiger partial charge in [-0.3, -0.25) is 14.5 Å². The molecule has 36 heavy (non-hydrogen) atoms. The molecule has 0 spiro atoms. The molecule has 7 heteroatoms. The Hall–Kier alpha value is -3.06. The van der Waals surface area contributed by atoms with Gasteiger partial charge in [0.05, 0.1) is 17.0 Å². The predicted molar refractivity (Wildman–Crippen MR) is 139 cm³/mol. The van der Waals surface area contributed by atoms with Crippen LogP contribution in [0.3, 0.4) is 0 Å². The molecule has 2 aromatic rings. The van der Waals surface area contributed by atoms with E-state index in [0.29, 0.717) is 11.5 Å². The molecule has 1 aromatic carbocycles. The number of likely N-dealkylation sites (tertiary alicyclic amines) is 2. The van der Waals surface area contributed by atoms with Crippen molar-refractivity contribution in [2.75, 3.05) is 39.3 Å². The molecule has 0 saturated carbocycles. The summed E-state index contributed by atoms with van der Waals surface area (Å²) in [4.78, 5) is 40.9. The summed E-state index contributed by atoms with van der Waals surface area (Å²) in [5.41, 5.74) is 4.41. The van der Waals surface area contributed by atoms with Crippen LogP contribution in [-0.2, 0) is 10.2 Å². The molecular formula is C29H37N5O2. The fourth-order valence-corrected chi connectivity index (χ4v) is 6.00. The number of amides is 2. The van der Waals surface area contributed by atoms with Gasteiger partial charge in [0.25, 0.3) is 5.91 Å². The van der Waals surface area contributed by atoms with Crippen LogP contribution in [0.5, 0.6) is 0 Å². The minimum absolute atomic E-state index is 0.000144. The van der Waals surface area contributed by atoms with Crippen LogP contribution in [0.2, 0.25) is 0 Å². The minimum Gasteiger partial charge on any atom is -0.340 e. The summed E-state index contributed by atoms with van der Waals surface area (Å²) >= 11 is 0. The van der Waals surface area contributed by atoms with Gasteiger partial charge in [0.15, 0.2) is 0 Å². The van der Waals surface area contributed by atoms with Crippen LogP contribution in [0.1, 0.15) is 54.5 Å². The standard InChI is InChI=1S/C29H37N5O2/c1-20-25(21(2)31-19-30-20)26(35)33-15-22-13-32(14-23(22)16-33)12-11-29(24-9-7-6-8-10-24)17-34(18-29)27(36)28(3,4)5/h6-10,15,19,23H,11-14,16-18H2,1-5H3. The molecule has 3 aliphatic heterocycles. The van der Waals surface area contributed by atoms with Gasteiger partial charge in [0, 0.05) is 55.7 Å². The maximum Gasteiger partial charge on any atom is 0.261 e. The molecule has 2 saturated heterocycles. The fourth-order valence-electron chi connectivity index (χ4n) is 6.00. The van der Waals surface area contributed by atoms with Crippen molar-refractivity contribution < 1.29 is 9.59 Å². The molecule has 5 rings (SSSR count). The van der Waals surface area contributed by atoms with E-state index in [2.05, 4.69) is 51.4 Å². The zero-order valence-corrected chi connectivity index (χ0v) is 22.1. The van der Waals surface area contributed by atoms with Gasteiger partial charge < -0.3 is 9.80 Å². The summed E-state index contributed by atoms with van der Waals surface area (Å²) in [6, 6.07) is 10.7. The van der Waals surface area contributed by atoms with Gasteiger partial charge >= 0.3 is 0 Å². The zero-order chi connectivity index (χ0) is 25.7. The van der Waals surface area contributed by atoms with Crippen LogP contribution >= 0.6 is 0 Å². The Kier molecular flexibility index (Phi) is 6.23. The lowest BCUT2D eigenvalue weighted by Gasteiger charge is -2.52. The van der Waals surface area contributed by atoms with Gasteiger partial charge in [-0.2, -0.15) is 0 Å². The summed E-state index contributed by atoms with van der Waals surface area (Å²) in [6.45, 7) is 14.9. The Bertz CT molecular complexity index is 1170. The maximum absolute atomic E-state index is 13.2. The van der Waals surface area contributed by atoms with E-state index >= 15 is 0 Å². The third-order valence-electron chi connectivity index (χ3n) is 8.06. The number of aromatic nitrogens is 2. The number of carbonyl (C=O) groups excluding carboxylic acids is 2. The number of fused-ring (bicyclic) bond motifs is 1. The van der Waals surface area contributed by atoms with Crippen LogP contribution in [-0.4, -0.2) is 75.8 Å². The second-order valence-electron chi connectivity index (χ2n) is 11.8. The molecule has 1 unspecified atom stereocenters. The zero-order valence-electron chi connectivity index (χ0n) is 22.1. The Morgan fingerprint density at radius 3 is 2.31 bits per heavy atom. The molecule has 0 bridgehead atoms. The van der Waals surface area contributed by atoms with E-state index in [1.807, 2.05) is 44.4 Å². The molecule has 4 heterocycles. The van der Waals surface area contributed by atoms with Crippen LogP contribution in [0.25, 0.3) is 0 Å². The summed E-state index contributed by atoms with van der Waals surface area (Å²) in [6.07, 6.45) is 4.59. The van der Waals surface area contributed by atoms with Gasteiger partial charge in [0.1, 0.15) is 6.33 Å². The number of rotatable bonds is 5. The fraction of sp³-hybridized carbons (Fsp3) is 0.517. The average molecular weight is 488 g/mol. The third-order valence-corrected chi connectivity index (χ3v) is 8.06. The van der Waals surface area contributed by atoms with E-state index in [9.17, 15) is 9.59 Å². The van der Waals surface area contributed by atoms with Crippen LogP contribution < -0.4 is 0 Å². The van der Waals surface area contributed by atoms with Crippen LogP contribution in [0.15, 0.2) is 48.4 Å². The van der Waals surface area contributed by atoms with Crippen molar-refractivity contribution in [3.8, 4) is 0 Å². The first-order chi connectivity index (χ1) is 17.1. The Morgan fingerprint density at radius 2 is 1.69 bits per heavy atom. The van der Waals surface area contributed by atoms with Crippen molar-refractivity contribution in [3.05, 3.63) is 70.9 Å². The highest BCUT2D eigenvalue weighted by Gasteiger charge is 2.48. The van der Waals surface area contributed by atoms with Crippen LogP contribution in [0.4, 0.5) is 0 Å². The minimum atomic E-state index is -0.353. The third kappa shape index (κ3) is 4.45. The number of nitrogens with zero attached hydrogens (tertiary/aromatic N) is 5. The summed E-state index contributed by atoms with van der Waals surface area (Å²) in [5, 5.41) is 0. The summed E-state index contributed by atoms with van der Waals surface area (Å²) < 4.78 is 0. The van der Waals surface area contributed by atoms with Crippen molar-refractivity contribution in [1.29, 1.82) is 0 Å². The van der Waals surface area contributed by atoms with Crippen molar-refractivity contribution in [2.45, 2.75) is 46.5 Å². The predicted octanol–water partition coefficient (Wildman–Crippen LogP) is 3.58. The average Bonchev–Trinajstić information content (AvgIpc) is 3.37. The molecule has 2 fully saturated rings. The molecule has 0 radical (unpaired) electrons. The molecule has 7 nitrogen and oxygen atoms in total. The van der Waals surface area contributed by atoms with Crippen molar-refractivity contribution in [2.24, 2.45) is 11.3 Å². The van der Waals surface area contributed by atoms with E-state index < -0.39 is 0 Å². The SMILES string of the molecule is Cc1ncnc(C)c1C(=O)N1C=C2CN(CCC3(c4ccccc4)CN(C(=O)C(C)(C)C)C3)CC2C1. The Morgan fingerprint density at radius 1 is 1.03 bits per heavy atom. The number of benzene rings is 1. The van der Waals surface area contributed by atoms with Gasteiger partial charge in [-0.15, -0.1) is 0 Å². The quantitative estimate of drug-likeness (QED) is 0.645. The highest BCUT2D eigenvalue weighted by Crippen LogP contribution is 2.41. The van der Waals surface area contributed by atoms with Crippen LogP contribution in [0, 0.1) is 25.2 Å². The molecule has 0 aliphatic carbocycles. The molecule has 1 aromatic heterocycles. The van der Waals surface area contributed by atoms with Gasteiger partial charge in [-0.25, -0.2) is 9.97 Å². The topological polar surface area (TPSA) is 69.6 Å². The van der Waals surface area contributed by atoms with E-state index in [4.69, 9.17) is 0 Å². The molecule has 1 atom stereocenters. The molecule has 3 aliphatic rings. The van der Waals surface area contributed by atoms with E-state index in [0.717, 1.165) is 57.1 Å². The Labute approximate surface area is 214 Å². The second kappa shape index (κ2) is 9.11. The molecule has 190 valence electrons. The number of aryl methyl sites for hydroxylation is 2. The van der Waals surface area contributed by atoms with Crippen molar-refractivity contribution in [1.82, 2.24) is 24.7 Å². The summed E-state index contributed by atoms with van der Waals surface area (Å²) in [7, 11) is 0. The van der Waals surface area contributed by atoms with Crippen molar-refractivity contribution in [3.63, 3.8) is 0 Å². The Balaban J connectivity index is 1.24. The van der Waals surface area contributed by atoms with Crippen molar-refractivity contribution >= 4 is 11.8 Å². The van der Waals surface area contributed by atoms with Gasteiger partial charge in [-0.05, 0) is 37.9 Å². The first-order valence-corrected chi connectivity index (χ1v) is 12.9. The normalized spacial score (nSPS) is 21.2. The number of hydrogen-bond donors (Lipinski definition) is 0. The molecule has 2 amide bonds. The largest absolute Gasteiger partial charge is 0.340 e. The highest BCUT2D eigenvalue weighted by atomic mass is 16.2. The maximum atomic E-state index is 13.2. The second-order valence-corrected chi connectivity index (χ2v) is 11.8. The smallest absolute Gasteiger partial charge is 0.261 e. The van der Waals surface area contributed by atoms with Gasteiger partial charge in [0.2, 0.25) is 5.91 Å². The van der Waals surface area contributed by atoms with E-state index in [1.165, 1.54) is 17.5 Å². The molecule has 0 N–H and O–H groups in total. The lowest BCUT2D eigenvalue weighted by molar-refractivity contribution is -0.148. The lowest BCUT2D eigenvalue weighted by atomic mass is 9.70. The lowest BCUT2D eigenvalue weighted by Crippen LogP contribution is -2.63. The highest BCUT2D eigenvalue weighted by molar-refractivity contribution is 5.97. The van der Waals surface area contributed by atoms with E-state index in [-0.39, 0.29) is 22.6 Å². The van der Waals surface area contributed by atoms with E-state index in [1.54, 1.807) is 0 Å². The monoisotopic (exact) mass is 487 g/mol.